The summed E-state index contributed by atoms with van der Waals surface area (Å²) in [4.78, 5) is 38.9. The molecule has 0 saturated carbocycles. The predicted molar refractivity (Wildman–Crippen MR) is 123 cm³/mol. The second-order valence-corrected chi connectivity index (χ2v) is 7.79. The van der Waals surface area contributed by atoms with Crippen LogP contribution in [0.25, 0.3) is 17.4 Å². The van der Waals surface area contributed by atoms with Crippen molar-refractivity contribution >= 4 is 46.4 Å². The minimum Gasteiger partial charge on any atom is -0.457 e. The number of hydrogen-bond donors (Lipinski definition) is 0. The first-order chi connectivity index (χ1) is 14.8. The van der Waals surface area contributed by atoms with Gasteiger partial charge in [0.1, 0.15) is 11.5 Å². The summed E-state index contributed by atoms with van der Waals surface area (Å²) in [6.07, 6.45) is 1.45. The molecule has 0 aliphatic carbocycles. The zero-order chi connectivity index (χ0) is 22.1. The maximum absolute atomic E-state index is 13.0. The van der Waals surface area contributed by atoms with E-state index in [2.05, 4.69) is 0 Å². The van der Waals surface area contributed by atoms with Gasteiger partial charge in [0.2, 0.25) is 0 Å². The first-order valence-electron chi connectivity index (χ1n) is 9.74. The normalized spacial score (nSPS) is 15.6. The number of thiocarbonyl (C=S) groups is 1. The van der Waals surface area contributed by atoms with Crippen LogP contribution in [0.2, 0.25) is 0 Å². The van der Waals surface area contributed by atoms with Gasteiger partial charge in [-0.25, -0.2) is 0 Å². The van der Waals surface area contributed by atoms with Crippen LogP contribution in [0.3, 0.4) is 0 Å². The number of carbonyl (C=O) groups is 3. The Labute approximate surface area is 185 Å². The summed E-state index contributed by atoms with van der Waals surface area (Å²) in [7, 11) is 0. The van der Waals surface area contributed by atoms with E-state index in [1.54, 1.807) is 30.3 Å². The number of furan rings is 1. The highest BCUT2D eigenvalue weighted by atomic mass is 32.1. The van der Waals surface area contributed by atoms with E-state index in [9.17, 15) is 14.4 Å². The minimum absolute atomic E-state index is 0.00382. The van der Waals surface area contributed by atoms with E-state index >= 15 is 0 Å². The van der Waals surface area contributed by atoms with Crippen LogP contribution >= 0.6 is 12.2 Å². The van der Waals surface area contributed by atoms with Crippen molar-refractivity contribution in [1.29, 1.82) is 0 Å². The molecule has 2 heterocycles. The molecule has 1 aromatic heterocycles. The van der Waals surface area contributed by atoms with Crippen molar-refractivity contribution < 1.29 is 18.8 Å². The smallest absolute Gasteiger partial charge is 0.267 e. The lowest BCUT2D eigenvalue weighted by molar-refractivity contribution is -0.120. The number of ketones is 2. The molecule has 0 unspecified atom stereocenters. The van der Waals surface area contributed by atoms with E-state index in [0.717, 1.165) is 11.1 Å². The standard InChI is InChI=1S/C25H19NO4S/c1-15-12-17(8-10-20(15)16(2)27)23-11-9-19(30-23)13-21-22(28)14-24(31)26(25(21)29)18-6-4-3-5-7-18/h3-13H,14H2,1-2H3/b21-13+. The lowest BCUT2D eigenvalue weighted by atomic mass is 10.0. The molecule has 3 aromatic rings. The highest BCUT2D eigenvalue weighted by Gasteiger charge is 2.34. The zero-order valence-corrected chi connectivity index (χ0v) is 17.9. The maximum atomic E-state index is 13.0. The van der Waals surface area contributed by atoms with Crippen LogP contribution in [0, 0.1) is 6.92 Å². The summed E-state index contributed by atoms with van der Waals surface area (Å²) in [5.41, 5.74) is 2.97. The molecule has 5 nitrogen and oxygen atoms in total. The van der Waals surface area contributed by atoms with E-state index in [1.807, 2.05) is 37.3 Å². The van der Waals surface area contributed by atoms with E-state index in [-0.39, 0.29) is 28.5 Å². The number of para-hydroxylation sites is 1. The Bertz CT molecular complexity index is 1250. The number of aryl methyl sites for hydroxylation is 1. The molecule has 4 rings (SSSR count). The van der Waals surface area contributed by atoms with Gasteiger partial charge in [0.25, 0.3) is 5.91 Å². The molecule has 1 saturated heterocycles. The fourth-order valence-corrected chi connectivity index (χ4v) is 3.90. The van der Waals surface area contributed by atoms with E-state index in [4.69, 9.17) is 16.6 Å². The Morgan fingerprint density at radius 2 is 1.81 bits per heavy atom. The van der Waals surface area contributed by atoms with Crippen molar-refractivity contribution in [2.24, 2.45) is 0 Å². The number of Topliss-reactive ketones (excluding diaryl/α,β-unsaturated/α-hetero) is 2. The van der Waals surface area contributed by atoms with Crippen molar-refractivity contribution in [3.63, 3.8) is 0 Å². The van der Waals surface area contributed by atoms with Crippen LogP contribution in [0.5, 0.6) is 0 Å². The van der Waals surface area contributed by atoms with Gasteiger partial charge in [-0.2, -0.15) is 0 Å². The largest absolute Gasteiger partial charge is 0.457 e. The van der Waals surface area contributed by atoms with Crippen molar-refractivity contribution in [2.75, 3.05) is 4.90 Å². The van der Waals surface area contributed by atoms with Crippen molar-refractivity contribution in [2.45, 2.75) is 20.3 Å². The Morgan fingerprint density at radius 1 is 1.06 bits per heavy atom. The summed E-state index contributed by atoms with van der Waals surface area (Å²) >= 11 is 5.30. The molecule has 31 heavy (non-hydrogen) atoms. The molecule has 0 atom stereocenters. The van der Waals surface area contributed by atoms with Crippen LogP contribution in [0.1, 0.15) is 35.0 Å². The topological polar surface area (TPSA) is 67.6 Å². The fraction of sp³-hybridized carbons (Fsp3) is 0.120. The SMILES string of the molecule is CC(=O)c1ccc(-c2ccc(/C=C3\C(=O)CC(=S)N(c4ccccc4)C3=O)o2)cc1C. The molecule has 0 radical (unpaired) electrons. The molecule has 1 aliphatic rings. The van der Waals surface area contributed by atoms with Crippen molar-refractivity contribution in [3.05, 3.63) is 83.1 Å². The Kier molecular flexibility index (Phi) is 5.48. The van der Waals surface area contributed by atoms with Gasteiger partial charge in [-0.05, 0) is 55.8 Å². The number of hydrogen-bond acceptors (Lipinski definition) is 5. The van der Waals surface area contributed by atoms with Gasteiger partial charge < -0.3 is 4.42 Å². The molecule has 1 aliphatic heterocycles. The summed E-state index contributed by atoms with van der Waals surface area (Å²) in [5, 5.41) is 0. The van der Waals surface area contributed by atoms with E-state index < -0.39 is 5.91 Å². The molecule has 0 bridgehead atoms. The summed E-state index contributed by atoms with van der Waals surface area (Å²) in [5.74, 6) is 0.176. The first-order valence-corrected chi connectivity index (χ1v) is 10.1. The molecule has 0 spiro atoms. The number of piperidine rings is 1. The highest BCUT2D eigenvalue weighted by Crippen LogP contribution is 2.28. The molecule has 1 amide bonds. The van der Waals surface area contributed by atoms with Crippen molar-refractivity contribution in [3.8, 4) is 11.3 Å². The lowest BCUT2D eigenvalue weighted by Crippen LogP contribution is -2.44. The summed E-state index contributed by atoms with van der Waals surface area (Å²) < 4.78 is 5.88. The highest BCUT2D eigenvalue weighted by molar-refractivity contribution is 7.80. The fourth-order valence-electron chi connectivity index (χ4n) is 3.58. The molecule has 0 N–H and O–H groups in total. The van der Waals surface area contributed by atoms with E-state index in [0.29, 0.717) is 22.8 Å². The van der Waals surface area contributed by atoms with Gasteiger partial charge in [-0.15, -0.1) is 0 Å². The zero-order valence-electron chi connectivity index (χ0n) is 17.0. The average Bonchev–Trinajstić information content (AvgIpc) is 3.20. The second-order valence-electron chi connectivity index (χ2n) is 7.32. The van der Waals surface area contributed by atoms with Crippen LogP contribution < -0.4 is 4.90 Å². The predicted octanol–water partition coefficient (Wildman–Crippen LogP) is 5.17. The van der Waals surface area contributed by atoms with Gasteiger partial charge >= 0.3 is 0 Å². The average molecular weight is 429 g/mol. The van der Waals surface area contributed by atoms with Gasteiger partial charge in [0.15, 0.2) is 11.6 Å². The number of anilines is 1. The number of carbonyl (C=O) groups excluding carboxylic acids is 3. The number of nitrogens with zero attached hydrogens (tertiary/aromatic N) is 1. The van der Waals surface area contributed by atoms with Gasteiger partial charge in [0, 0.05) is 16.8 Å². The van der Waals surface area contributed by atoms with Crippen LogP contribution in [0.15, 0.2) is 70.7 Å². The van der Waals surface area contributed by atoms with Crippen LogP contribution in [-0.4, -0.2) is 22.5 Å². The van der Waals surface area contributed by atoms with E-state index in [1.165, 1.54) is 17.9 Å². The molecule has 1 fully saturated rings. The number of benzene rings is 2. The van der Waals surface area contributed by atoms with Gasteiger partial charge in [0.05, 0.1) is 17.0 Å². The molecule has 2 aromatic carbocycles. The Balaban J connectivity index is 1.66. The summed E-state index contributed by atoms with van der Waals surface area (Å²) in [6, 6.07) is 17.9. The maximum Gasteiger partial charge on any atom is 0.267 e. The monoisotopic (exact) mass is 429 g/mol. The third-order valence-electron chi connectivity index (χ3n) is 5.11. The Morgan fingerprint density at radius 3 is 2.48 bits per heavy atom. The number of rotatable bonds is 4. The third kappa shape index (κ3) is 4.02. The Hall–Kier alpha value is -3.64. The lowest BCUT2D eigenvalue weighted by Gasteiger charge is -2.28. The molecule has 154 valence electrons. The van der Waals surface area contributed by atoms with Gasteiger partial charge in [-0.3, -0.25) is 19.3 Å². The molecular weight excluding hydrogens is 410 g/mol. The summed E-state index contributed by atoms with van der Waals surface area (Å²) in [6.45, 7) is 3.40. The number of amides is 1. The molecule has 6 heteroatoms. The third-order valence-corrected chi connectivity index (χ3v) is 5.44. The van der Waals surface area contributed by atoms with Crippen LogP contribution in [-0.2, 0) is 9.59 Å². The van der Waals surface area contributed by atoms with Crippen molar-refractivity contribution in [1.82, 2.24) is 0 Å². The first kappa shape index (κ1) is 20.6. The second kappa shape index (κ2) is 8.24. The molecular formula is C25H19NO4S. The van der Waals surface area contributed by atoms with Gasteiger partial charge in [-0.1, -0.05) is 42.5 Å². The minimum atomic E-state index is -0.466. The quantitative estimate of drug-likeness (QED) is 0.248. The van der Waals surface area contributed by atoms with Crippen LogP contribution in [0.4, 0.5) is 5.69 Å².